The van der Waals surface area contributed by atoms with E-state index in [2.05, 4.69) is 10.3 Å². The lowest BCUT2D eigenvalue weighted by atomic mass is 10.1. The van der Waals surface area contributed by atoms with Crippen molar-refractivity contribution in [1.82, 2.24) is 14.9 Å². The van der Waals surface area contributed by atoms with Crippen molar-refractivity contribution in [1.29, 1.82) is 0 Å². The Morgan fingerprint density at radius 2 is 2.25 bits per heavy atom. The van der Waals surface area contributed by atoms with Gasteiger partial charge in [-0.25, -0.2) is 4.98 Å². The lowest BCUT2D eigenvalue weighted by Gasteiger charge is -2.19. The summed E-state index contributed by atoms with van der Waals surface area (Å²) in [6.45, 7) is 3.62. The van der Waals surface area contributed by atoms with Gasteiger partial charge in [-0.2, -0.15) is 0 Å². The van der Waals surface area contributed by atoms with Gasteiger partial charge in [-0.1, -0.05) is 0 Å². The van der Waals surface area contributed by atoms with Crippen molar-refractivity contribution in [3.8, 4) is 0 Å². The predicted molar refractivity (Wildman–Crippen MR) is 63.8 cm³/mol. The summed E-state index contributed by atoms with van der Waals surface area (Å²) >= 11 is 0. The number of hydrogen-bond acceptors (Lipinski definition) is 3. The van der Waals surface area contributed by atoms with Gasteiger partial charge in [0, 0.05) is 24.2 Å². The molecular formula is C12H19N3O. The van der Waals surface area contributed by atoms with E-state index in [1.807, 2.05) is 18.5 Å². The maximum Gasteiger partial charge on any atom is 0.256 e. The van der Waals surface area contributed by atoms with Gasteiger partial charge < -0.3 is 5.32 Å². The molecule has 2 rings (SSSR count). The average Bonchev–Trinajstić information content (AvgIpc) is 2.29. The van der Waals surface area contributed by atoms with E-state index in [1.165, 1.54) is 0 Å². The molecule has 0 aliphatic carbocycles. The highest BCUT2D eigenvalue weighted by molar-refractivity contribution is 5.19. The van der Waals surface area contributed by atoms with Crippen LogP contribution in [0.3, 0.4) is 0 Å². The first kappa shape index (κ1) is 11.3. The number of likely N-dealkylation sites (N-methyl/N-ethyl adjacent to an activating group) is 1. The van der Waals surface area contributed by atoms with Crippen LogP contribution in [0.2, 0.25) is 0 Å². The van der Waals surface area contributed by atoms with Gasteiger partial charge >= 0.3 is 0 Å². The summed E-state index contributed by atoms with van der Waals surface area (Å²) in [5.41, 5.74) is 1.96. The van der Waals surface area contributed by atoms with Crippen molar-refractivity contribution in [3.05, 3.63) is 27.4 Å². The zero-order valence-electron chi connectivity index (χ0n) is 10.0. The molecule has 2 heterocycles. The van der Waals surface area contributed by atoms with Crippen molar-refractivity contribution in [2.24, 2.45) is 0 Å². The third kappa shape index (κ3) is 2.02. The van der Waals surface area contributed by atoms with E-state index in [-0.39, 0.29) is 5.56 Å². The van der Waals surface area contributed by atoms with Crippen LogP contribution < -0.4 is 10.9 Å². The first-order chi connectivity index (χ1) is 7.74. The van der Waals surface area contributed by atoms with Crippen LogP contribution in [0.15, 0.2) is 4.79 Å². The Morgan fingerprint density at radius 1 is 1.44 bits per heavy atom. The van der Waals surface area contributed by atoms with E-state index in [0.717, 1.165) is 55.9 Å². The van der Waals surface area contributed by atoms with Gasteiger partial charge in [0.25, 0.3) is 5.56 Å². The summed E-state index contributed by atoms with van der Waals surface area (Å²) in [5.74, 6) is 0.974. The Labute approximate surface area is 95.7 Å². The molecule has 0 aromatic carbocycles. The zero-order valence-corrected chi connectivity index (χ0v) is 10.0. The standard InChI is InChI=1S/C12H19N3O/c1-9-10(6-7-13-2)12(16)15-8-4-3-5-11(15)14-9/h13H,3-8H2,1-2H3. The maximum absolute atomic E-state index is 12.2. The first-order valence-electron chi connectivity index (χ1n) is 5.98. The average molecular weight is 221 g/mol. The third-order valence-corrected chi connectivity index (χ3v) is 3.21. The van der Waals surface area contributed by atoms with Crippen LogP contribution >= 0.6 is 0 Å². The van der Waals surface area contributed by atoms with E-state index in [1.54, 1.807) is 0 Å². The van der Waals surface area contributed by atoms with Crippen molar-refractivity contribution >= 4 is 0 Å². The van der Waals surface area contributed by atoms with Gasteiger partial charge in [0.2, 0.25) is 0 Å². The fourth-order valence-corrected chi connectivity index (χ4v) is 2.27. The summed E-state index contributed by atoms with van der Waals surface area (Å²) in [6.07, 6.45) is 3.97. The molecule has 0 saturated heterocycles. The Morgan fingerprint density at radius 3 is 3.00 bits per heavy atom. The van der Waals surface area contributed by atoms with E-state index < -0.39 is 0 Å². The monoisotopic (exact) mass is 221 g/mol. The fraction of sp³-hybridized carbons (Fsp3) is 0.667. The summed E-state index contributed by atoms with van der Waals surface area (Å²) in [5, 5.41) is 3.07. The van der Waals surface area contributed by atoms with Gasteiger partial charge in [0.15, 0.2) is 0 Å². The molecule has 0 unspecified atom stereocenters. The molecule has 1 N–H and O–H groups in total. The van der Waals surface area contributed by atoms with Crippen molar-refractivity contribution in [3.63, 3.8) is 0 Å². The SMILES string of the molecule is CNCCc1c(C)nc2n(c1=O)CCCC2. The number of hydrogen-bond donors (Lipinski definition) is 1. The van der Waals surface area contributed by atoms with Crippen LogP contribution in [-0.2, 0) is 19.4 Å². The van der Waals surface area contributed by atoms with E-state index in [4.69, 9.17) is 0 Å². The number of nitrogens with zero attached hydrogens (tertiary/aromatic N) is 2. The predicted octanol–water partition coefficient (Wildman–Crippen LogP) is 0.650. The fourth-order valence-electron chi connectivity index (χ4n) is 2.27. The molecule has 0 bridgehead atoms. The molecule has 0 amide bonds. The van der Waals surface area contributed by atoms with Crippen LogP contribution in [-0.4, -0.2) is 23.1 Å². The molecule has 1 aliphatic heterocycles. The molecule has 0 radical (unpaired) electrons. The number of aromatic nitrogens is 2. The normalized spacial score (nSPS) is 14.9. The molecule has 1 aliphatic rings. The summed E-state index contributed by atoms with van der Waals surface area (Å²) in [7, 11) is 1.90. The minimum absolute atomic E-state index is 0.178. The highest BCUT2D eigenvalue weighted by Crippen LogP contribution is 2.12. The minimum atomic E-state index is 0.178. The molecule has 0 saturated carbocycles. The van der Waals surface area contributed by atoms with Gasteiger partial charge in [-0.3, -0.25) is 9.36 Å². The highest BCUT2D eigenvalue weighted by atomic mass is 16.1. The highest BCUT2D eigenvalue weighted by Gasteiger charge is 2.16. The number of fused-ring (bicyclic) bond motifs is 1. The molecule has 0 fully saturated rings. The van der Waals surface area contributed by atoms with E-state index in [9.17, 15) is 4.79 Å². The molecule has 16 heavy (non-hydrogen) atoms. The van der Waals surface area contributed by atoms with Crippen LogP contribution in [0.1, 0.15) is 29.9 Å². The molecule has 1 aromatic heterocycles. The Balaban J connectivity index is 2.42. The van der Waals surface area contributed by atoms with Gasteiger partial charge in [0.05, 0.1) is 0 Å². The maximum atomic E-state index is 12.2. The van der Waals surface area contributed by atoms with Crippen LogP contribution in [0.25, 0.3) is 0 Å². The summed E-state index contributed by atoms with van der Waals surface area (Å²) in [6, 6.07) is 0. The van der Waals surface area contributed by atoms with Crippen LogP contribution in [0.4, 0.5) is 0 Å². The third-order valence-electron chi connectivity index (χ3n) is 3.21. The second-order valence-electron chi connectivity index (χ2n) is 4.36. The van der Waals surface area contributed by atoms with Crippen molar-refractivity contribution in [2.75, 3.05) is 13.6 Å². The summed E-state index contributed by atoms with van der Waals surface area (Å²) < 4.78 is 1.86. The number of rotatable bonds is 3. The summed E-state index contributed by atoms with van der Waals surface area (Å²) in [4.78, 5) is 16.8. The molecule has 4 nitrogen and oxygen atoms in total. The topological polar surface area (TPSA) is 46.9 Å². The molecule has 0 spiro atoms. The van der Waals surface area contributed by atoms with Gasteiger partial charge in [-0.15, -0.1) is 0 Å². The van der Waals surface area contributed by atoms with Gasteiger partial charge in [-0.05, 0) is 39.8 Å². The number of nitrogens with one attached hydrogen (secondary N) is 1. The first-order valence-corrected chi connectivity index (χ1v) is 5.98. The van der Waals surface area contributed by atoms with Crippen LogP contribution in [0, 0.1) is 6.92 Å². The zero-order chi connectivity index (χ0) is 11.5. The largest absolute Gasteiger partial charge is 0.319 e. The molecule has 0 atom stereocenters. The lowest BCUT2D eigenvalue weighted by Crippen LogP contribution is -2.33. The molecular weight excluding hydrogens is 202 g/mol. The second kappa shape index (κ2) is 4.78. The van der Waals surface area contributed by atoms with E-state index in [0.29, 0.717) is 0 Å². The smallest absolute Gasteiger partial charge is 0.256 e. The van der Waals surface area contributed by atoms with Crippen LogP contribution in [0.5, 0.6) is 0 Å². The van der Waals surface area contributed by atoms with Crippen molar-refractivity contribution in [2.45, 2.75) is 39.2 Å². The molecule has 4 heteroatoms. The Hall–Kier alpha value is -1.16. The van der Waals surface area contributed by atoms with Crippen molar-refractivity contribution < 1.29 is 0 Å². The Bertz CT molecular complexity index is 437. The molecule has 1 aromatic rings. The van der Waals surface area contributed by atoms with E-state index >= 15 is 0 Å². The van der Waals surface area contributed by atoms with Gasteiger partial charge in [0.1, 0.15) is 5.82 Å². The lowest BCUT2D eigenvalue weighted by molar-refractivity contribution is 0.489. The molecule has 88 valence electrons. The number of aryl methyl sites for hydroxylation is 2. The minimum Gasteiger partial charge on any atom is -0.319 e. The second-order valence-corrected chi connectivity index (χ2v) is 4.36. The Kier molecular flexibility index (Phi) is 3.39. The quantitative estimate of drug-likeness (QED) is 0.815.